The van der Waals surface area contributed by atoms with E-state index >= 15 is 0 Å². The summed E-state index contributed by atoms with van der Waals surface area (Å²) in [5, 5.41) is 23.9. The summed E-state index contributed by atoms with van der Waals surface area (Å²) < 4.78 is 20.6. The molecule has 1 aromatic rings. The molecule has 3 heterocycles. The first-order chi connectivity index (χ1) is 10.9. The number of aromatic nitrogens is 1. The molecule has 0 unspecified atom stereocenters. The topological polar surface area (TPSA) is 120 Å². The quantitative estimate of drug-likeness (QED) is 0.399. The summed E-state index contributed by atoms with van der Waals surface area (Å²) in [6.45, 7) is 0. The van der Waals surface area contributed by atoms with E-state index in [0.717, 1.165) is 11.3 Å². The highest BCUT2D eigenvalue weighted by Gasteiger charge is 2.32. The Hall–Kier alpha value is -2.33. The van der Waals surface area contributed by atoms with Crippen molar-refractivity contribution in [3.8, 4) is 28.1 Å². The molecule has 0 bridgehead atoms. The van der Waals surface area contributed by atoms with Gasteiger partial charge in [-0.05, 0) is 18.2 Å². The van der Waals surface area contributed by atoms with E-state index in [1.165, 1.54) is 17.5 Å². The second-order valence-corrected chi connectivity index (χ2v) is 7.83. The van der Waals surface area contributed by atoms with Crippen molar-refractivity contribution < 1.29 is 19.1 Å². The number of hydrogen-bond donors (Lipinski definition) is 4. The lowest BCUT2D eigenvalue weighted by Gasteiger charge is -2.29. The molecular formula is C14H10N2O5S2. The fourth-order valence-electron chi connectivity index (χ4n) is 2.77. The van der Waals surface area contributed by atoms with E-state index in [4.69, 9.17) is 0 Å². The molecular weight excluding hydrogens is 340 g/mol. The first kappa shape index (κ1) is 14.3. The lowest BCUT2D eigenvalue weighted by atomic mass is 10.0. The van der Waals surface area contributed by atoms with Gasteiger partial charge in [-0.25, -0.2) is 0 Å². The Bertz CT molecular complexity index is 956. The van der Waals surface area contributed by atoms with Crippen LogP contribution in [0, 0.1) is 10.1 Å². The molecule has 23 heavy (non-hydrogen) atoms. The van der Waals surface area contributed by atoms with Crippen LogP contribution in [0.4, 0.5) is 5.00 Å². The summed E-state index contributed by atoms with van der Waals surface area (Å²) in [7, 11) is -3.17. The molecule has 1 aliphatic carbocycles. The lowest BCUT2D eigenvalue weighted by molar-refractivity contribution is -0.380. The fraction of sp³-hybridized carbons (Fsp3) is 0. The van der Waals surface area contributed by atoms with E-state index in [2.05, 4.69) is 4.98 Å². The molecule has 0 saturated heterocycles. The Morgan fingerprint density at radius 3 is 2.74 bits per heavy atom. The minimum atomic E-state index is -3.17. The molecule has 3 aliphatic rings. The van der Waals surface area contributed by atoms with Crippen LogP contribution in [0.2, 0.25) is 0 Å². The zero-order valence-corrected chi connectivity index (χ0v) is 13.0. The van der Waals surface area contributed by atoms with E-state index in [-0.39, 0.29) is 15.6 Å². The van der Waals surface area contributed by atoms with E-state index in [1.807, 2.05) is 0 Å². The van der Waals surface area contributed by atoms with Crippen molar-refractivity contribution >= 4 is 33.0 Å². The number of pyridine rings is 1. The van der Waals surface area contributed by atoms with E-state index in [1.54, 1.807) is 17.5 Å². The number of H-pyrrole nitrogens is 1. The molecule has 0 amide bonds. The largest absolute Gasteiger partial charge is 0.507 e. The third kappa shape index (κ3) is 1.98. The van der Waals surface area contributed by atoms with Gasteiger partial charge in [0.1, 0.15) is 5.75 Å². The van der Waals surface area contributed by atoms with Crippen LogP contribution in [0.1, 0.15) is 5.69 Å². The van der Waals surface area contributed by atoms with Gasteiger partial charge in [0.05, 0.1) is 21.2 Å². The minimum absolute atomic E-state index is 0.0231. The Labute approximate surface area is 135 Å². The number of aromatic amines is 1. The molecule has 0 atom stereocenters. The van der Waals surface area contributed by atoms with Gasteiger partial charge in [-0.1, -0.05) is 11.3 Å². The number of nitrogens with one attached hydrogen (secondary N) is 1. The predicted molar refractivity (Wildman–Crippen MR) is 89.2 cm³/mol. The van der Waals surface area contributed by atoms with Crippen molar-refractivity contribution in [2.75, 3.05) is 0 Å². The number of rotatable bonds is 2. The molecule has 4 N–H and O–H groups in total. The highest BCUT2D eigenvalue weighted by molar-refractivity contribution is 8.27. The number of fused-ring (bicyclic) bond motifs is 2. The van der Waals surface area contributed by atoms with Crippen LogP contribution < -0.4 is 0 Å². The van der Waals surface area contributed by atoms with E-state index in [9.17, 15) is 24.3 Å². The summed E-state index contributed by atoms with van der Waals surface area (Å²) in [6.07, 6.45) is 1.57. The zero-order chi connectivity index (χ0) is 16.4. The smallest absolute Gasteiger partial charge is 0.324 e. The molecule has 0 spiro atoms. The SMILES string of the molecule is O=[N+]([O-])c1cc(-c2c3c(O)ccc-3[nH]c3c2S(O)(O)C=C3)cs1. The molecule has 9 heteroatoms. The molecule has 118 valence electrons. The molecule has 1 aromatic heterocycles. The molecule has 0 saturated carbocycles. The standard InChI is InChI=1S/C14H10N2O5S2/c17-10-2-1-8-13(10)12(7-5-11(16(18)19)22-6-7)14-9(15-8)3-4-23(14,20)21/h1-6,15,17,20-21H. The summed E-state index contributed by atoms with van der Waals surface area (Å²) >= 11 is 0.950. The maximum absolute atomic E-state index is 10.9. The number of nitrogens with zero attached hydrogens (tertiary/aromatic N) is 1. The van der Waals surface area contributed by atoms with Gasteiger partial charge in [0, 0.05) is 33.5 Å². The third-order valence-corrected chi connectivity index (χ3v) is 6.12. The van der Waals surface area contributed by atoms with Crippen molar-refractivity contribution in [3.63, 3.8) is 0 Å². The summed E-state index contributed by atoms with van der Waals surface area (Å²) in [4.78, 5) is 13.7. The molecule has 2 aliphatic heterocycles. The van der Waals surface area contributed by atoms with Gasteiger partial charge in [0.25, 0.3) is 0 Å². The Morgan fingerprint density at radius 2 is 2.04 bits per heavy atom. The summed E-state index contributed by atoms with van der Waals surface area (Å²) in [6, 6.07) is 4.54. The van der Waals surface area contributed by atoms with Crippen LogP contribution in [-0.2, 0) is 0 Å². The van der Waals surface area contributed by atoms with Crippen molar-refractivity contribution in [2.45, 2.75) is 4.90 Å². The first-order valence-electron chi connectivity index (χ1n) is 6.46. The van der Waals surface area contributed by atoms with Crippen molar-refractivity contribution in [1.82, 2.24) is 4.98 Å². The highest BCUT2D eigenvalue weighted by Crippen LogP contribution is 2.62. The maximum atomic E-state index is 10.9. The van der Waals surface area contributed by atoms with Crippen molar-refractivity contribution in [1.29, 1.82) is 0 Å². The Kier molecular flexibility index (Phi) is 2.85. The third-order valence-electron chi connectivity index (χ3n) is 3.70. The van der Waals surface area contributed by atoms with Gasteiger partial charge in [-0.2, -0.15) is 0 Å². The normalized spacial score (nSPS) is 16.6. The van der Waals surface area contributed by atoms with Gasteiger partial charge < -0.3 is 10.1 Å². The van der Waals surface area contributed by atoms with E-state index in [0.29, 0.717) is 28.1 Å². The zero-order valence-electron chi connectivity index (χ0n) is 11.4. The second-order valence-electron chi connectivity index (χ2n) is 5.08. The number of nitro groups is 1. The highest BCUT2D eigenvalue weighted by atomic mass is 32.3. The van der Waals surface area contributed by atoms with Gasteiger partial charge >= 0.3 is 5.00 Å². The van der Waals surface area contributed by atoms with Crippen molar-refractivity contribution in [3.05, 3.63) is 44.8 Å². The average Bonchev–Trinajstić information content (AvgIpc) is 3.17. The maximum Gasteiger partial charge on any atom is 0.324 e. The van der Waals surface area contributed by atoms with Gasteiger partial charge in [0.2, 0.25) is 0 Å². The average molecular weight is 350 g/mol. The number of aromatic hydroxyl groups is 1. The molecule has 7 nitrogen and oxygen atoms in total. The van der Waals surface area contributed by atoms with Crippen LogP contribution in [0.15, 0.2) is 33.9 Å². The van der Waals surface area contributed by atoms with Gasteiger partial charge in [-0.15, -0.1) is 10.6 Å². The fourth-order valence-corrected chi connectivity index (χ4v) is 4.91. The minimum Gasteiger partial charge on any atom is -0.507 e. The molecule has 0 radical (unpaired) electrons. The number of thiophene rings is 1. The summed E-state index contributed by atoms with van der Waals surface area (Å²) in [5.74, 6) is -0.0231. The van der Waals surface area contributed by atoms with Crippen LogP contribution in [0.5, 0.6) is 5.75 Å². The lowest BCUT2D eigenvalue weighted by Crippen LogP contribution is -2.00. The molecule has 0 aromatic carbocycles. The van der Waals surface area contributed by atoms with Crippen LogP contribution >= 0.6 is 21.9 Å². The first-order valence-corrected chi connectivity index (χ1v) is 8.95. The van der Waals surface area contributed by atoms with Crippen LogP contribution in [0.3, 0.4) is 0 Å². The second kappa shape index (κ2) is 4.59. The molecule has 4 rings (SSSR count). The van der Waals surface area contributed by atoms with E-state index < -0.39 is 15.5 Å². The monoisotopic (exact) mass is 350 g/mol. The van der Waals surface area contributed by atoms with Crippen LogP contribution in [-0.4, -0.2) is 24.1 Å². The van der Waals surface area contributed by atoms with Gasteiger partial charge in [0.15, 0.2) is 0 Å². The summed E-state index contributed by atoms with van der Waals surface area (Å²) in [5.41, 5.74) is 2.44. The van der Waals surface area contributed by atoms with Gasteiger partial charge in [-0.3, -0.25) is 19.2 Å². The predicted octanol–water partition coefficient (Wildman–Crippen LogP) is 4.56. The number of hydrogen-bond acceptors (Lipinski definition) is 6. The molecule has 0 fully saturated rings. The Balaban J connectivity index is 2.09. The van der Waals surface area contributed by atoms with Crippen molar-refractivity contribution in [2.24, 2.45) is 0 Å². The van der Waals surface area contributed by atoms with Crippen LogP contribution in [0.25, 0.3) is 28.5 Å². The Morgan fingerprint density at radius 1 is 1.26 bits per heavy atom.